The normalized spacial score (nSPS) is 13.9. The van der Waals surface area contributed by atoms with Crippen molar-refractivity contribution in [2.45, 2.75) is 26.3 Å². The lowest BCUT2D eigenvalue weighted by Crippen LogP contribution is -2.46. The summed E-state index contributed by atoms with van der Waals surface area (Å²) < 4.78 is 0. The molecule has 0 amide bonds. The van der Waals surface area contributed by atoms with Crippen LogP contribution in [0.25, 0.3) is 0 Å². The Labute approximate surface area is 86.9 Å². The molecule has 0 bridgehead atoms. The molecule has 0 aromatic carbocycles. The first-order valence-corrected chi connectivity index (χ1v) is 4.98. The van der Waals surface area contributed by atoms with Crippen molar-refractivity contribution in [2.75, 3.05) is 27.2 Å². The molecular weight excluding hydrogens is 184 g/mol. The molecular formula is C10H21ClN2. The van der Waals surface area contributed by atoms with Gasteiger partial charge in [0.2, 0.25) is 0 Å². The second kappa shape index (κ2) is 5.63. The van der Waals surface area contributed by atoms with Gasteiger partial charge in [-0.1, -0.05) is 11.6 Å². The summed E-state index contributed by atoms with van der Waals surface area (Å²) in [5, 5.41) is 3.36. The van der Waals surface area contributed by atoms with Crippen LogP contribution >= 0.6 is 11.6 Å². The minimum Gasteiger partial charge on any atom is -0.311 e. The van der Waals surface area contributed by atoms with Gasteiger partial charge in [-0.05, 0) is 40.4 Å². The Morgan fingerprint density at radius 1 is 1.46 bits per heavy atom. The van der Waals surface area contributed by atoms with Gasteiger partial charge < -0.3 is 10.2 Å². The molecule has 0 rings (SSSR count). The zero-order valence-electron chi connectivity index (χ0n) is 9.32. The molecule has 0 aliphatic carbocycles. The highest BCUT2D eigenvalue weighted by Crippen LogP contribution is 2.07. The summed E-state index contributed by atoms with van der Waals surface area (Å²) in [4.78, 5) is 2.21. The highest BCUT2D eigenvalue weighted by molar-refractivity contribution is 6.25. The van der Waals surface area contributed by atoms with Crippen LogP contribution in [0, 0.1) is 0 Å². The van der Waals surface area contributed by atoms with Gasteiger partial charge in [0, 0.05) is 24.2 Å². The van der Waals surface area contributed by atoms with E-state index in [0.717, 1.165) is 18.7 Å². The standard InChI is InChI=1S/C10H21ClN2/c1-9(6-11)7-12-8-10(2,3)13(4)5/h6,12H,7-8H2,1-5H3. The predicted octanol–water partition coefficient (Wildman–Crippen LogP) is 2.06. The Morgan fingerprint density at radius 3 is 2.38 bits per heavy atom. The van der Waals surface area contributed by atoms with Gasteiger partial charge in [-0.15, -0.1) is 0 Å². The fraction of sp³-hybridized carbons (Fsp3) is 0.800. The van der Waals surface area contributed by atoms with Crippen molar-refractivity contribution < 1.29 is 0 Å². The molecule has 0 aliphatic rings. The van der Waals surface area contributed by atoms with E-state index in [0.29, 0.717) is 0 Å². The minimum atomic E-state index is 0.187. The number of hydrogen-bond donors (Lipinski definition) is 1. The van der Waals surface area contributed by atoms with E-state index in [1.54, 1.807) is 5.54 Å². The molecule has 3 heteroatoms. The van der Waals surface area contributed by atoms with E-state index in [9.17, 15) is 0 Å². The van der Waals surface area contributed by atoms with Gasteiger partial charge in [-0.25, -0.2) is 0 Å². The maximum absolute atomic E-state index is 5.55. The van der Waals surface area contributed by atoms with Crippen LogP contribution in [0.1, 0.15) is 20.8 Å². The highest BCUT2D eigenvalue weighted by atomic mass is 35.5. The Bertz CT molecular complexity index is 174. The molecule has 1 N–H and O–H groups in total. The third-order valence-electron chi connectivity index (χ3n) is 2.36. The summed E-state index contributed by atoms with van der Waals surface area (Å²) in [6, 6.07) is 0. The molecule has 2 nitrogen and oxygen atoms in total. The molecule has 0 saturated carbocycles. The van der Waals surface area contributed by atoms with Crippen molar-refractivity contribution in [1.82, 2.24) is 10.2 Å². The second-order valence-electron chi connectivity index (χ2n) is 4.27. The number of nitrogens with zero attached hydrogens (tertiary/aromatic N) is 1. The average molecular weight is 205 g/mol. The van der Waals surface area contributed by atoms with Crippen LogP contribution in [0.2, 0.25) is 0 Å². The largest absolute Gasteiger partial charge is 0.311 e. The molecule has 0 saturated heterocycles. The maximum atomic E-state index is 5.55. The van der Waals surface area contributed by atoms with Gasteiger partial charge in [0.05, 0.1) is 0 Å². The summed E-state index contributed by atoms with van der Waals surface area (Å²) in [5.74, 6) is 0. The lowest BCUT2D eigenvalue weighted by Gasteiger charge is -2.32. The van der Waals surface area contributed by atoms with Crippen LogP contribution in [0.3, 0.4) is 0 Å². The van der Waals surface area contributed by atoms with Crippen molar-refractivity contribution in [3.8, 4) is 0 Å². The van der Waals surface area contributed by atoms with E-state index in [1.165, 1.54) is 0 Å². The lowest BCUT2D eigenvalue weighted by atomic mass is 10.0. The zero-order valence-corrected chi connectivity index (χ0v) is 10.1. The Morgan fingerprint density at radius 2 is 2.00 bits per heavy atom. The molecule has 0 spiro atoms. The predicted molar refractivity (Wildman–Crippen MR) is 60.2 cm³/mol. The third kappa shape index (κ3) is 5.29. The second-order valence-corrected chi connectivity index (χ2v) is 4.48. The van der Waals surface area contributed by atoms with Crippen LogP contribution in [0.15, 0.2) is 11.1 Å². The van der Waals surface area contributed by atoms with Crippen LogP contribution in [0.4, 0.5) is 0 Å². The molecule has 0 radical (unpaired) electrons. The summed E-state index contributed by atoms with van der Waals surface area (Å²) in [5.41, 5.74) is 2.97. The number of hydrogen-bond acceptors (Lipinski definition) is 2. The van der Waals surface area contributed by atoms with Crippen molar-refractivity contribution in [2.24, 2.45) is 0 Å². The molecule has 0 heterocycles. The number of nitrogens with one attached hydrogen (secondary N) is 1. The first-order chi connectivity index (χ1) is 5.90. The van der Waals surface area contributed by atoms with E-state index in [2.05, 4.69) is 38.2 Å². The Hall–Kier alpha value is -0.0500. The van der Waals surface area contributed by atoms with Gasteiger partial charge in [-0.2, -0.15) is 0 Å². The first-order valence-electron chi connectivity index (χ1n) is 4.54. The van der Waals surface area contributed by atoms with E-state index < -0.39 is 0 Å². The third-order valence-corrected chi connectivity index (χ3v) is 2.73. The van der Waals surface area contributed by atoms with E-state index in [-0.39, 0.29) is 5.54 Å². The van der Waals surface area contributed by atoms with E-state index in [4.69, 9.17) is 11.6 Å². The molecule has 78 valence electrons. The summed E-state index contributed by atoms with van der Waals surface area (Å²) in [6.07, 6.45) is 0. The van der Waals surface area contributed by atoms with E-state index >= 15 is 0 Å². The van der Waals surface area contributed by atoms with Gasteiger partial charge in [-0.3, -0.25) is 0 Å². The van der Waals surface area contributed by atoms with Crippen LogP contribution in [0.5, 0.6) is 0 Å². The Balaban J connectivity index is 3.76. The quantitative estimate of drug-likeness (QED) is 0.738. The van der Waals surface area contributed by atoms with Gasteiger partial charge in [0.15, 0.2) is 0 Å². The molecule has 0 aromatic heterocycles. The Kier molecular flexibility index (Phi) is 5.61. The molecule has 0 fully saturated rings. The first kappa shape index (κ1) is 12.9. The maximum Gasteiger partial charge on any atom is 0.0271 e. The number of likely N-dealkylation sites (N-methyl/N-ethyl adjacent to an activating group) is 1. The molecule has 0 unspecified atom stereocenters. The van der Waals surface area contributed by atoms with Crippen LogP contribution in [-0.2, 0) is 0 Å². The molecule has 0 aromatic rings. The monoisotopic (exact) mass is 204 g/mol. The number of rotatable bonds is 5. The van der Waals surface area contributed by atoms with Gasteiger partial charge in [0.25, 0.3) is 0 Å². The van der Waals surface area contributed by atoms with Crippen molar-refractivity contribution in [3.63, 3.8) is 0 Å². The van der Waals surface area contributed by atoms with Gasteiger partial charge >= 0.3 is 0 Å². The SMILES string of the molecule is CC(=CCl)CNCC(C)(C)N(C)C. The topological polar surface area (TPSA) is 15.3 Å². The molecule has 0 atom stereocenters. The minimum absolute atomic E-state index is 0.187. The summed E-state index contributed by atoms with van der Waals surface area (Å²) in [7, 11) is 4.18. The summed E-state index contributed by atoms with van der Waals surface area (Å²) >= 11 is 5.55. The van der Waals surface area contributed by atoms with E-state index in [1.807, 2.05) is 6.92 Å². The fourth-order valence-corrected chi connectivity index (χ4v) is 0.839. The summed E-state index contributed by atoms with van der Waals surface area (Å²) in [6.45, 7) is 8.25. The van der Waals surface area contributed by atoms with Gasteiger partial charge in [0.1, 0.15) is 0 Å². The molecule has 13 heavy (non-hydrogen) atoms. The highest BCUT2D eigenvalue weighted by Gasteiger charge is 2.19. The fourth-order valence-electron chi connectivity index (χ4n) is 0.762. The smallest absolute Gasteiger partial charge is 0.0271 e. The van der Waals surface area contributed by atoms with Crippen molar-refractivity contribution in [3.05, 3.63) is 11.1 Å². The van der Waals surface area contributed by atoms with Crippen molar-refractivity contribution >= 4 is 11.6 Å². The zero-order chi connectivity index (χ0) is 10.5. The van der Waals surface area contributed by atoms with Crippen molar-refractivity contribution in [1.29, 1.82) is 0 Å². The van der Waals surface area contributed by atoms with Crippen LogP contribution < -0.4 is 5.32 Å². The average Bonchev–Trinajstić information content (AvgIpc) is 2.03. The lowest BCUT2D eigenvalue weighted by molar-refractivity contribution is 0.192. The molecule has 0 aliphatic heterocycles. The number of halogens is 1. The van der Waals surface area contributed by atoms with Crippen LogP contribution in [-0.4, -0.2) is 37.6 Å².